The van der Waals surface area contributed by atoms with Gasteiger partial charge in [0.25, 0.3) is 0 Å². The van der Waals surface area contributed by atoms with E-state index in [1.807, 2.05) is 11.9 Å². The van der Waals surface area contributed by atoms with Crippen LogP contribution in [-0.2, 0) is 17.8 Å². The molecule has 1 amide bonds. The minimum atomic E-state index is 0.271. The van der Waals surface area contributed by atoms with E-state index >= 15 is 0 Å². The lowest BCUT2D eigenvalue weighted by atomic mass is 9.94. The van der Waals surface area contributed by atoms with Crippen LogP contribution in [0, 0.1) is 0 Å². The molecule has 2 fully saturated rings. The van der Waals surface area contributed by atoms with Crippen molar-refractivity contribution >= 4 is 5.91 Å². The van der Waals surface area contributed by atoms with Crippen molar-refractivity contribution in [1.82, 2.24) is 29.9 Å². The standard InChI is InChI=1S/C19H32N6O/c1-23(15-6-3-2-4-7-15)18(26)14-24-11-9-17-21-22-19(25(17)13-12-24)16-8-5-10-20-16/h15-16,20H,2-14H2,1H3. The molecule has 1 saturated carbocycles. The van der Waals surface area contributed by atoms with Crippen molar-refractivity contribution in [1.29, 1.82) is 0 Å². The summed E-state index contributed by atoms with van der Waals surface area (Å²) in [4.78, 5) is 17.1. The summed E-state index contributed by atoms with van der Waals surface area (Å²) in [6.07, 6.45) is 9.41. The van der Waals surface area contributed by atoms with Crippen LogP contribution in [0.5, 0.6) is 0 Å². The number of fused-ring (bicyclic) bond motifs is 1. The van der Waals surface area contributed by atoms with Crippen LogP contribution in [0.25, 0.3) is 0 Å². The number of likely N-dealkylation sites (N-methyl/N-ethyl adjacent to an activating group) is 1. The number of carbonyl (C=O) groups excluding carboxylic acids is 1. The Morgan fingerprint density at radius 1 is 1.12 bits per heavy atom. The second kappa shape index (κ2) is 8.05. The first-order chi connectivity index (χ1) is 12.7. The molecule has 1 aromatic heterocycles. The molecular weight excluding hydrogens is 328 g/mol. The maximum atomic E-state index is 12.7. The molecule has 1 aromatic rings. The minimum absolute atomic E-state index is 0.271. The molecule has 0 aromatic carbocycles. The van der Waals surface area contributed by atoms with Crippen molar-refractivity contribution < 1.29 is 4.79 Å². The largest absolute Gasteiger partial charge is 0.342 e. The fourth-order valence-corrected chi connectivity index (χ4v) is 4.68. The van der Waals surface area contributed by atoms with Gasteiger partial charge in [0.05, 0.1) is 12.6 Å². The van der Waals surface area contributed by atoms with Gasteiger partial charge in [-0.25, -0.2) is 0 Å². The second-order valence-electron chi connectivity index (χ2n) is 8.10. The molecule has 1 atom stereocenters. The highest BCUT2D eigenvalue weighted by Crippen LogP contribution is 2.24. The summed E-state index contributed by atoms with van der Waals surface area (Å²) in [6, 6.07) is 0.796. The molecule has 1 saturated heterocycles. The third-order valence-electron chi connectivity index (χ3n) is 6.39. The van der Waals surface area contributed by atoms with Gasteiger partial charge in [-0.05, 0) is 32.2 Å². The van der Waals surface area contributed by atoms with E-state index in [1.54, 1.807) is 0 Å². The predicted molar refractivity (Wildman–Crippen MR) is 99.8 cm³/mol. The number of hydrogen-bond donors (Lipinski definition) is 1. The summed E-state index contributed by atoms with van der Waals surface area (Å²) in [5.41, 5.74) is 0. The Hall–Kier alpha value is -1.47. The maximum Gasteiger partial charge on any atom is 0.236 e. The Labute approximate surface area is 156 Å². The van der Waals surface area contributed by atoms with E-state index in [2.05, 4.69) is 25.0 Å². The third-order valence-corrected chi connectivity index (χ3v) is 6.39. The van der Waals surface area contributed by atoms with Crippen molar-refractivity contribution in [2.75, 3.05) is 33.2 Å². The van der Waals surface area contributed by atoms with Crippen LogP contribution in [0.3, 0.4) is 0 Å². The molecule has 144 valence electrons. The smallest absolute Gasteiger partial charge is 0.236 e. The van der Waals surface area contributed by atoms with E-state index in [-0.39, 0.29) is 5.91 Å². The van der Waals surface area contributed by atoms with Gasteiger partial charge in [0.1, 0.15) is 11.6 Å². The van der Waals surface area contributed by atoms with Gasteiger partial charge in [-0.3, -0.25) is 9.69 Å². The number of nitrogens with zero attached hydrogens (tertiary/aromatic N) is 5. The lowest BCUT2D eigenvalue weighted by molar-refractivity contribution is -0.133. The number of carbonyl (C=O) groups is 1. The Kier molecular flexibility index (Phi) is 5.55. The number of hydrogen-bond acceptors (Lipinski definition) is 5. The van der Waals surface area contributed by atoms with Gasteiger partial charge in [-0.1, -0.05) is 19.3 Å². The molecule has 4 rings (SSSR count). The molecule has 0 spiro atoms. The van der Waals surface area contributed by atoms with Crippen LogP contribution in [-0.4, -0.2) is 69.7 Å². The topological polar surface area (TPSA) is 66.3 Å². The van der Waals surface area contributed by atoms with Crippen LogP contribution in [0.15, 0.2) is 0 Å². The first-order valence-corrected chi connectivity index (χ1v) is 10.4. The summed E-state index contributed by atoms with van der Waals surface area (Å²) < 4.78 is 2.29. The average molecular weight is 361 g/mol. The molecule has 1 aliphatic carbocycles. The molecule has 1 N–H and O–H groups in total. The Morgan fingerprint density at radius 3 is 2.73 bits per heavy atom. The van der Waals surface area contributed by atoms with Gasteiger partial charge in [0, 0.05) is 39.1 Å². The van der Waals surface area contributed by atoms with E-state index in [0.717, 1.165) is 50.7 Å². The van der Waals surface area contributed by atoms with Gasteiger partial charge >= 0.3 is 0 Å². The van der Waals surface area contributed by atoms with Crippen LogP contribution in [0.2, 0.25) is 0 Å². The molecule has 1 unspecified atom stereocenters. The molecular formula is C19H32N6O. The Morgan fingerprint density at radius 2 is 1.96 bits per heavy atom. The number of rotatable bonds is 4. The predicted octanol–water partition coefficient (Wildman–Crippen LogP) is 1.35. The van der Waals surface area contributed by atoms with Crippen LogP contribution in [0.4, 0.5) is 0 Å². The average Bonchev–Trinajstić information content (AvgIpc) is 3.29. The first-order valence-electron chi connectivity index (χ1n) is 10.4. The van der Waals surface area contributed by atoms with E-state index in [4.69, 9.17) is 0 Å². The van der Waals surface area contributed by atoms with Gasteiger partial charge in [0.15, 0.2) is 0 Å². The highest BCUT2D eigenvalue weighted by Gasteiger charge is 2.28. The minimum Gasteiger partial charge on any atom is -0.342 e. The summed E-state index contributed by atoms with van der Waals surface area (Å²) in [6.45, 7) is 4.27. The Balaban J connectivity index is 1.34. The molecule has 7 heteroatoms. The van der Waals surface area contributed by atoms with E-state index < -0.39 is 0 Å². The fourth-order valence-electron chi connectivity index (χ4n) is 4.68. The SMILES string of the molecule is CN(C(=O)CN1CCc2nnc(C3CCCN3)n2CC1)C1CCCCC1. The molecule has 3 heterocycles. The summed E-state index contributed by atoms with van der Waals surface area (Å²) in [7, 11) is 2.00. The quantitative estimate of drug-likeness (QED) is 0.878. The van der Waals surface area contributed by atoms with Crippen LogP contribution in [0.1, 0.15) is 62.6 Å². The second-order valence-corrected chi connectivity index (χ2v) is 8.10. The van der Waals surface area contributed by atoms with Gasteiger partial charge < -0.3 is 14.8 Å². The highest BCUT2D eigenvalue weighted by atomic mass is 16.2. The van der Waals surface area contributed by atoms with Crippen molar-refractivity contribution in [3.05, 3.63) is 11.6 Å². The lowest BCUT2D eigenvalue weighted by Crippen LogP contribution is -2.44. The summed E-state index contributed by atoms with van der Waals surface area (Å²) in [5.74, 6) is 2.43. The van der Waals surface area contributed by atoms with E-state index in [9.17, 15) is 4.79 Å². The van der Waals surface area contributed by atoms with E-state index in [0.29, 0.717) is 18.6 Å². The molecule has 7 nitrogen and oxygen atoms in total. The zero-order valence-electron chi connectivity index (χ0n) is 16.0. The fraction of sp³-hybridized carbons (Fsp3) is 0.842. The van der Waals surface area contributed by atoms with Crippen LogP contribution >= 0.6 is 0 Å². The van der Waals surface area contributed by atoms with Crippen molar-refractivity contribution in [2.24, 2.45) is 0 Å². The number of aromatic nitrogens is 3. The molecule has 0 bridgehead atoms. The molecule has 3 aliphatic rings. The molecule has 2 aliphatic heterocycles. The van der Waals surface area contributed by atoms with Gasteiger partial charge in [-0.2, -0.15) is 0 Å². The maximum absolute atomic E-state index is 12.7. The molecule has 26 heavy (non-hydrogen) atoms. The first kappa shape index (κ1) is 17.9. The van der Waals surface area contributed by atoms with Crippen molar-refractivity contribution in [3.63, 3.8) is 0 Å². The van der Waals surface area contributed by atoms with Crippen LogP contribution < -0.4 is 5.32 Å². The van der Waals surface area contributed by atoms with Gasteiger partial charge in [-0.15, -0.1) is 10.2 Å². The number of nitrogens with one attached hydrogen (secondary N) is 1. The zero-order valence-corrected chi connectivity index (χ0v) is 16.0. The number of amides is 1. The highest BCUT2D eigenvalue weighted by molar-refractivity contribution is 5.78. The monoisotopic (exact) mass is 360 g/mol. The zero-order chi connectivity index (χ0) is 17.9. The lowest BCUT2D eigenvalue weighted by Gasteiger charge is -2.32. The van der Waals surface area contributed by atoms with Gasteiger partial charge in [0.2, 0.25) is 5.91 Å². The summed E-state index contributed by atoms with van der Waals surface area (Å²) >= 11 is 0. The Bertz CT molecular complexity index is 618. The van der Waals surface area contributed by atoms with E-state index in [1.165, 1.54) is 38.5 Å². The third kappa shape index (κ3) is 3.78. The van der Waals surface area contributed by atoms with Crippen molar-refractivity contribution in [2.45, 2.75) is 70.0 Å². The molecule has 0 radical (unpaired) electrons. The van der Waals surface area contributed by atoms with Crippen molar-refractivity contribution in [3.8, 4) is 0 Å². The summed E-state index contributed by atoms with van der Waals surface area (Å²) in [5, 5.41) is 12.4. The normalized spacial score (nSPS) is 25.0.